The van der Waals surface area contributed by atoms with E-state index in [1.165, 1.54) is 36.0 Å². The number of benzene rings is 1. The van der Waals surface area contributed by atoms with Crippen LogP contribution in [0.2, 0.25) is 0 Å². The van der Waals surface area contributed by atoms with Crippen LogP contribution in [0.1, 0.15) is 5.56 Å². The Morgan fingerprint density at radius 3 is 2.58 bits per heavy atom. The van der Waals surface area contributed by atoms with Gasteiger partial charge in [0.2, 0.25) is 10.0 Å². The van der Waals surface area contributed by atoms with Crippen molar-refractivity contribution in [3.05, 3.63) is 29.8 Å². The first-order chi connectivity index (χ1) is 8.96. The van der Waals surface area contributed by atoms with Crippen LogP contribution in [-0.2, 0) is 14.8 Å². The SMILES string of the molecule is N#Cc1ccc(S(=O)(=O)N2CSC[C@@H]2C(=O)O)cc1. The predicted molar refractivity (Wildman–Crippen MR) is 68.9 cm³/mol. The molecule has 1 N–H and O–H groups in total. The highest BCUT2D eigenvalue weighted by atomic mass is 32.2. The van der Waals surface area contributed by atoms with Crippen LogP contribution in [0.4, 0.5) is 0 Å². The highest BCUT2D eigenvalue weighted by Gasteiger charge is 2.39. The summed E-state index contributed by atoms with van der Waals surface area (Å²) in [7, 11) is -3.84. The highest BCUT2D eigenvalue weighted by Crippen LogP contribution is 2.28. The minimum Gasteiger partial charge on any atom is -0.480 e. The minimum atomic E-state index is -3.84. The first kappa shape index (κ1) is 13.9. The van der Waals surface area contributed by atoms with E-state index in [0.29, 0.717) is 5.56 Å². The normalized spacial score (nSPS) is 20.1. The molecule has 19 heavy (non-hydrogen) atoms. The van der Waals surface area contributed by atoms with Gasteiger partial charge < -0.3 is 5.11 Å². The van der Waals surface area contributed by atoms with Crippen LogP contribution in [0.3, 0.4) is 0 Å². The predicted octanol–water partition coefficient (Wildman–Crippen LogP) is 0.706. The fourth-order valence-corrected chi connectivity index (χ4v) is 4.83. The molecule has 0 radical (unpaired) electrons. The van der Waals surface area contributed by atoms with Crippen LogP contribution >= 0.6 is 11.8 Å². The lowest BCUT2D eigenvalue weighted by molar-refractivity contribution is -0.140. The lowest BCUT2D eigenvalue weighted by Gasteiger charge is -2.19. The Bertz CT molecular complexity index is 634. The molecule has 1 saturated heterocycles. The van der Waals surface area contributed by atoms with Crippen molar-refractivity contribution in [3.63, 3.8) is 0 Å². The molecule has 1 fully saturated rings. The van der Waals surface area contributed by atoms with Crippen molar-refractivity contribution < 1.29 is 18.3 Å². The second kappa shape index (κ2) is 5.21. The van der Waals surface area contributed by atoms with E-state index in [9.17, 15) is 13.2 Å². The fourth-order valence-electron chi connectivity index (χ4n) is 1.70. The Labute approximate surface area is 114 Å². The molecule has 0 saturated carbocycles. The largest absolute Gasteiger partial charge is 0.480 e. The summed E-state index contributed by atoms with van der Waals surface area (Å²) in [6, 6.07) is 6.28. The molecule has 8 heteroatoms. The molecular formula is C11H10N2O4S2. The van der Waals surface area contributed by atoms with Crippen LogP contribution in [0, 0.1) is 11.3 Å². The molecule has 100 valence electrons. The van der Waals surface area contributed by atoms with Gasteiger partial charge in [0.05, 0.1) is 22.4 Å². The summed E-state index contributed by atoms with van der Waals surface area (Å²) in [5, 5.41) is 17.7. The monoisotopic (exact) mass is 298 g/mol. The molecule has 1 aliphatic heterocycles. The fraction of sp³-hybridized carbons (Fsp3) is 0.273. The van der Waals surface area contributed by atoms with Crippen molar-refractivity contribution in [2.24, 2.45) is 0 Å². The summed E-state index contributed by atoms with van der Waals surface area (Å²) in [5.41, 5.74) is 0.351. The van der Waals surface area contributed by atoms with Crippen LogP contribution in [-0.4, -0.2) is 41.5 Å². The van der Waals surface area contributed by atoms with Crippen molar-refractivity contribution in [2.45, 2.75) is 10.9 Å². The summed E-state index contributed by atoms with van der Waals surface area (Å²) < 4.78 is 25.6. The maximum Gasteiger partial charge on any atom is 0.322 e. The number of nitrogens with zero attached hydrogens (tertiary/aromatic N) is 2. The molecule has 0 aromatic heterocycles. The maximum absolute atomic E-state index is 12.3. The van der Waals surface area contributed by atoms with Gasteiger partial charge in [-0.2, -0.15) is 9.57 Å². The number of carboxylic acid groups (broad SMARTS) is 1. The van der Waals surface area contributed by atoms with Crippen molar-refractivity contribution in [1.29, 1.82) is 5.26 Å². The highest BCUT2D eigenvalue weighted by molar-refractivity contribution is 8.00. The zero-order chi connectivity index (χ0) is 14.0. The third-order valence-corrected chi connectivity index (χ3v) is 5.76. The Kier molecular flexibility index (Phi) is 3.80. The number of thioether (sulfide) groups is 1. The molecule has 2 rings (SSSR count). The van der Waals surface area contributed by atoms with E-state index in [2.05, 4.69) is 0 Å². The third kappa shape index (κ3) is 2.58. The van der Waals surface area contributed by atoms with Crippen molar-refractivity contribution in [1.82, 2.24) is 4.31 Å². The summed E-state index contributed by atoms with van der Waals surface area (Å²) in [4.78, 5) is 11.0. The molecule has 1 aliphatic rings. The van der Waals surface area contributed by atoms with E-state index in [0.717, 1.165) is 4.31 Å². The number of rotatable bonds is 3. The summed E-state index contributed by atoms with van der Waals surface area (Å²) in [5.74, 6) is -0.786. The average molecular weight is 298 g/mol. The Hall–Kier alpha value is -1.56. The molecular weight excluding hydrogens is 288 g/mol. The van der Waals surface area contributed by atoms with Gasteiger partial charge in [-0.1, -0.05) is 0 Å². The lowest BCUT2D eigenvalue weighted by Crippen LogP contribution is -2.41. The van der Waals surface area contributed by atoms with Gasteiger partial charge in [-0.3, -0.25) is 4.79 Å². The molecule has 6 nitrogen and oxygen atoms in total. The first-order valence-electron chi connectivity index (χ1n) is 5.29. The third-order valence-electron chi connectivity index (χ3n) is 2.72. The number of carbonyl (C=O) groups is 1. The van der Waals surface area contributed by atoms with Crippen LogP contribution in [0.25, 0.3) is 0 Å². The molecule has 0 amide bonds. The smallest absolute Gasteiger partial charge is 0.322 e. The number of hydrogen-bond donors (Lipinski definition) is 1. The standard InChI is InChI=1S/C11H10N2O4S2/c12-5-8-1-3-9(4-2-8)19(16,17)13-7-18-6-10(13)11(14)15/h1-4,10H,6-7H2,(H,14,15)/t10-/m1/s1. The Morgan fingerprint density at radius 2 is 2.05 bits per heavy atom. The lowest BCUT2D eigenvalue weighted by atomic mass is 10.2. The van der Waals surface area contributed by atoms with Gasteiger partial charge in [0, 0.05) is 5.75 Å². The van der Waals surface area contributed by atoms with Crippen molar-refractivity contribution >= 4 is 27.8 Å². The van der Waals surface area contributed by atoms with Gasteiger partial charge in [0.15, 0.2) is 0 Å². The minimum absolute atomic E-state index is 0.000231. The molecule has 0 unspecified atom stereocenters. The van der Waals surface area contributed by atoms with Gasteiger partial charge in [-0.15, -0.1) is 11.8 Å². The van der Waals surface area contributed by atoms with Crippen LogP contribution in [0.15, 0.2) is 29.2 Å². The molecule has 0 aliphatic carbocycles. The average Bonchev–Trinajstić information content (AvgIpc) is 2.89. The summed E-state index contributed by atoms with van der Waals surface area (Å²) >= 11 is 1.26. The summed E-state index contributed by atoms with van der Waals surface area (Å²) in [6.45, 7) is 0. The Morgan fingerprint density at radius 1 is 1.42 bits per heavy atom. The van der Waals surface area contributed by atoms with E-state index >= 15 is 0 Å². The van der Waals surface area contributed by atoms with E-state index in [1.807, 2.05) is 6.07 Å². The summed E-state index contributed by atoms with van der Waals surface area (Å²) in [6.07, 6.45) is 0. The quantitative estimate of drug-likeness (QED) is 0.882. The second-order valence-electron chi connectivity index (χ2n) is 3.88. The molecule has 1 aromatic rings. The van der Waals surface area contributed by atoms with E-state index in [-0.39, 0.29) is 16.5 Å². The Balaban J connectivity index is 2.36. The van der Waals surface area contributed by atoms with E-state index in [1.54, 1.807) is 0 Å². The van der Waals surface area contributed by atoms with E-state index < -0.39 is 22.0 Å². The van der Waals surface area contributed by atoms with Crippen LogP contribution < -0.4 is 0 Å². The molecule has 0 spiro atoms. The molecule has 1 heterocycles. The number of nitriles is 1. The molecule has 0 bridgehead atoms. The van der Waals surface area contributed by atoms with Gasteiger partial charge in [-0.25, -0.2) is 8.42 Å². The van der Waals surface area contributed by atoms with Crippen molar-refractivity contribution in [3.8, 4) is 6.07 Å². The zero-order valence-electron chi connectivity index (χ0n) is 9.68. The first-order valence-corrected chi connectivity index (χ1v) is 7.89. The molecule has 1 aromatic carbocycles. The zero-order valence-corrected chi connectivity index (χ0v) is 11.3. The molecule has 1 atom stereocenters. The van der Waals surface area contributed by atoms with Gasteiger partial charge in [0.1, 0.15) is 6.04 Å². The number of sulfonamides is 1. The maximum atomic E-state index is 12.3. The van der Waals surface area contributed by atoms with E-state index in [4.69, 9.17) is 10.4 Å². The topological polar surface area (TPSA) is 98.5 Å². The van der Waals surface area contributed by atoms with Crippen molar-refractivity contribution in [2.75, 3.05) is 11.6 Å². The second-order valence-corrected chi connectivity index (χ2v) is 6.77. The number of aliphatic carboxylic acids is 1. The van der Waals surface area contributed by atoms with Gasteiger partial charge in [0.25, 0.3) is 0 Å². The van der Waals surface area contributed by atoms with Gasteiger partial charge in [-0.05, 0) is 24.3 Å². The van der Waals surface area contributed by atoms with Crippen LogP contribution in [0.5, 0.6) is 0 Å². The van der Waals surface area contributed by atoms with Gasteiger partial charge >= 0.3 is 5.97 Å². The number of hydrogen-bond acceptors (Lipinski definition) is 5. The number of carboxylic acids is 1.